The van der Waals surface area contributed by atoms with Crippen LogP contribution in [0.25, 0.3) is 11.0 Å². The van der Waals surface area contributed by atoms with Crippen LogP contribution < -0.4 is 0 Å². The van der Waals surface area contributed by atoms with Crippen molar-refractivity contribution in [2.45, 2.75) is 26.0 Å². The van der Waals surface area contributed by atoms with Gasteiger partial charge in [0.1, 0.15) is 5.69 Å². The Labute approximate surface area is 110 Å². The highest BCUT2D eigenvalue weighted by molar-refractivity contribution is 5.98. The van der Waals surface area contributed by atoms with Gasteiger partial charge in [-0.15, -0.1) is 0 Å². The molecule has 98 valence electrons. The van der Waals surface area contributed by atoms with Gasteiger partial charge in [0.2, 0.25) is 0 Å². The summed E-state index contributed by atoms with van der Waals surface area (Å²) in [6.07, 6.45) is 0.859. The summed E-state index contributed by atoms with van der Waals surface area (Å²) in [5.41, 5.74) is 2.03. The number of fused-ring (bicyclic) bond motifs is 2. The number of hydrogen-bond donors (Lipinski definition) is 1. The molecule has 1 aliphatic heterocycles. The van der Waals surface area contributed by atoms with Crippen molar-refractivity contribution >= 4 is 16.9 Å². The number of nitrogens with zero attached hydrogens (tertiary/aromatic N) is 3. The van der Waals surface area contributed by atoms with Crippen molar-refractivity contribution < 1.29 is 9.90 Å². The standard InChI is InChI=1S/C14H15N3O2/c1-2-3-8-17-13(18)11-12(14(17)19)16-10-7-5-4-6-9(10)15-11/h4-7,13,18H,2-3,8H2,1H3. The zero-order valence-electron chi connectivity index (χ0n) is 10.7. The number of rotatable bonds is 3. The predicted octanol–water partition coefficient (Wildman–Crippen LogP) is 1.88. The van der Waals surface area contributed by atoms with Gasteiger partial charge in [-0.3, -0.25) is 4.79 Å². The zero-order valence-corrected chi connectivity index (χ0v) is 10.7. The van der Waals surface area contributed by atoms with Crippen molar-refractivity contribution in [3.63, 3.8) is 0 Å². The van der Waals surface area contributed by atoms with Crippen molar-refractivity contribution in [2.75, 3.05) is 6.54 Å². The van der Waals surface area contributed by atoms with E-state index in [0.29, 0.717) is 23.3 Å². The fourth-order valence-electron chi connectivity index (χ4n) is 2.30. The van der Waals surface area contributed by atoms with Crippen LogP contribution in [-0.2, 0) is 0 Å². The summed E-state index contributed by atoms with van der Waals surface area (Å²) in [5.74, 6) is -0.228. The highest BCUT2D eigenvalue weighted by Gasteiger charge is 2.38. The van der Waals surface area contributed by atoms with Gasteiger partial charge in [0.15, 0.2) is 11.9 Å². The van der Waals surface area contributed by atoms with Gasteiger partial charge >= 0.3 is 0 Å². The van der Waals surface area contributed by atoms with Crippen LogP contribution in [0.3, 0.4) is 0 Å². The molecule has 0 aliphatic carbocycles. The first-order valence-corrected chi connectivity index (χ1v) is 6.48. The van der Waals surface area contributed by atoms with E-state index < -0.39 is 6.23 Å². The summed E-state index contributed by atoms with van der Waals surface area (Å²) < 4.78 is 0. The van der Waals surface area contributed by atoms with E-state index in [-0.39, 0.29) is 11.6 Å². The number of carbonyl (C=O) groups is 1. The number of para-hydroxylation sites is 2. The van der Waals surface area contributed by atoms with Crippen molar-refractivity contribution in [1.29, 1.82) is 0 Å². The Hall–Kier alpha value is -2.01. The summed E-state index contributed by atoms with van der Waals surface area (Å²) in [6.45, 7) is 2.58. The third-order valence-electron chi connectivity index (χ3n) is 3.35. The molecule has 0 spiro atoms. The lowest BCUT2D eigenvalue weighted by molar-refractivity contribution is 0.0154. The first-order chi connectivity index (χ1) is 9.22. The molecule has 1 amide bonds. The van der Waals surface area contributed by atoms with Crippen LogP contribution in [0.2, 0.25) is 0 Å². The molecule has 0 saturated carbocycles. The smallest absolute Gasteiger partial charge is 0.276 e. The molecule has 1 atom stereocenters. The van der Waals surface area contributed by atoms with E-state index in [4.69, 9.17) is 0 Å². The Morgan fingerprint density at radius 3 is 2.63 bits per heavy atom. The zero-order chi connectivity index (χ0) is 13.4. The van der Waals surface area contributed by atoms with Crippen LogP contribution in [0, 0.1) is 0 Å². The quantitative estimate of drug-likeness (QED) is 0.911. The summed E-state index contributed by atoms with van der Waals surface area (Å²) >= 11 is 0. The van der Waals surface area contributed by atoms with Gasteiger partial charge in [0.25, 0.3) is 5.91 Å². The number of carbonyl (C=O) groups excluding carboxylic acids is 1. The molecular formula is C14H15N3O2. The summed E-state index contributed by atoms with van der Waals surface area (Å²) in [4.78, 5) is 22.4. The number of aromatic nitrogens is 2. The molecule has 1 aliphatic rings. The van der Waals surface area contributed by atoms with Gasteiger partial charge < -0.3 is 10.0 Å². The SMILES string of the molecule is CCCCN1C(=O)c2nc3ccccc3nc2C1O. The molecule has 5 nitrogen and oxygen atoms in total. The minimum Gasteiger partial charge on any atom is -0.368 e. The number of aliphatic hydroxyl groups excluding tert-OH is 1. The number of aliphatic hydroxyl groups is 1. The summed E-state index contributed by atoms with van der Waals surface area (Å²) in [7, 11) is 0. The van der Waals surface area contributed by atoms with Crippen LogP contribution in [-0.4, -0.2) is 32.4 Å². The number of hydrogen-bond acceptors (Lipinski definition) is 4. The second-order valence-corrected chi connectivity index (χ2v) is 4.67. The van der Waals surface area contributed by atoms with E-state index >= 15 is 0 Å². The molecule has 19 heavy (non-hydrogen) atoms. The van der Waals surface area contributed by atoms with Crippen LogP contribution in [0.1, 0.15) is 42.2 Å². The van der Waals surface area contributed by atoms with Crippen LogP contribution in [0.4, 0.5) is 0 Å². The van der Waals surface area contributed by atoms with Gasteiger partial charge in [-0.25, -0.2) is 9.97 Å². The van der Waals surface area contributed by atoms with Crippen molar-refractivity contribution in [2.24, 2.45) is 0 Å². The van der Waals surface area contributed by atoms with Gasteiger partial charge in [0.05, 0.1) is 11.0 Å². The molecule has 0 radical (unpaired) electrons. The maximum Gasteiger partial charge on any atom is 0.276 e. The first-order valence-electron chi connectivity index (χ1n) is 6.48. The van der Waals surface area contributed by atoms with Crippen molar-refractivity contribution in [3.8, 4) is 0 Å². The molecule has 1 aromatic heterocycles. The van der Waals surface area contributed by atoms with E-state index in [1.807, 2.05) is 31.2 Å². The molecule has 1 aromatic carbocycles. The Kier molecular flexibility index (Phi) is 2.91. The van der Waals surface area contributed by atoms with E-state index in [1.165, 1.54) is 4.90 Å². The third kappa shape index (κ3) is 1.86. The van der Waals surface area contributed by atoms with Gasteiger partial charge in [-0.1, -0.05) is 25.5 Å². The summed E-state index contributed by atoms with van der Waals surface area (Å²) in [5, 5.41) is 10.2. The number of benzene rings is 1. The molecule has 0 bridgehead atoms. The summed E-state index contributed by atoms with van der Waals surface area (Å²) in [6, 6.07) is 7.36. The maximum absolute atomic E-state index is 12.2. The Balaban J connectivity index is 2.06. The molecule has 2 aromatic rings. The largest absolute Gasteiger partial charge is 0.368 e. The minimum absolute atomic E-state index is 0.228. The molecule has 0 saturated heterocycles. The lowest BCUT2D eigenvalue weighted by Crippen LogP contribution is -2.29. The minimum atomic E-state index is -0.967. The van der Waals surface area contributed by atoms with Crippen LogP contribution >= 0.6 is 0 Å². The van der Waals surface area contributed by atoms with Crippen LogP contribution in [0.15, 0.2) is 24.3 Å². The molecule has 0 fully saturated rings. The van der Waals surface area contributed by atoms with Crippen molar-refractivity contribution in [3.05, 3.63) is 35.7 Å². The average molecular weight is 257 g/mol. The molecule has 5 heteroatoms. The Morgan fingerprint density at radius 2 is 1.95 bits per heavy atom. The van der Waals surface area contributed by atoms with E-state index in [1.54, 1.807) is 0 Å². The van der Waals surface area contributed by atoms with Gasteiger partial charge in [-0.05, 0) is 18.6 Å². The number of unbranched alkanes of at least 4 members (excludes halogenated alkanes) is 1. The highest BCUT2D eigenvalue weighted by Crippen LogP contribution is 2.30. The lowest BCUT2D eigenvalue weighted by atomic mass is 10.2. The fraction of sp³-hybridized carbons (Fsp3) is 0.357. The first kappa shape index (κ1) is 12.0. The number of amides is 1. The predicted molar refractivity (Wildman–Crippen MR) is 70.4 cm³/mol. The fourth-order valence-corrected chi connectivity index (χ4v) is 2.30. The molecule has 1 N–H and O–H groups in total. The lowest BCUT2D eigenvalue weighted by Gasteiger charge is -2.19. The van der Waals surface area contributed by atoms with Gasteiger partial charge in [0, 0.05) is 6.54 Å². The van der Waals surface area contributed by atoms with E-state index in [2.05, 4.69) is 9.97 Å². The molecule has 3 rings (SSSR count). The highest BCUT2D eigenvalue weighted by atomic mass is 16.3. The second-order valence-electron chi connectivity index (χ2n) is 4.67. The van der Waals surface area contributed by atoms with E-state index in [0.717, 1.165) is 12.8 Å². The second kappa shape index (κ2) is 4.59. The normalized spacial score (nSPS) is 18.1. The van der Waals surface area contributed by atoms with Crippen LogP contribution in [0.5, 0.6) is 0 Å². The van der Waals surface area contributed by atoms with Gasteiger partial charge in [-0.2, -0.15) is 0 Å². The Bertz CT molecular complexity index is 642. The van der Waals surface area contributed by atoms with E-state index in [9.17, 15) is 9.90 Å². The Morgan fingerprint density at radius 1 is 1.26 bits per heavy atom. The average Bonchev–Trinajstić information content (AvgIpc) is 2.67. The topological polar surface area (TPSA) is 66.3 Å². The van der Waals surface area contributed by atoms with Crippen molar-refractivity contribution in [1.82, 2.24) is 14.9 Å². The molecular weight excluding hydrogens is 242 g/mol. The molecule has 2 heterocycles. The third-order valence-corrected chi connectivity index (χ3v) is 3.35. The molecule has 1 unspecified atom stereocenters. The monoisotopic (exact) mass is 257 g/mol. The maximum atomic E-state index is 12.2.